The number of aliphatic carboxylic acids is 1. The number of carbonyl (C=O) groups excluding carboxylic acids is 1. The number of carbonyl (C=O) groups is 2. The molecule has 3 N–H and O–H groups in total. The van der Waals surface area contributed by atoms with E-state index in [0.29, 0.717) is 12.8 Å². The average Bonchev–Trinajstić information content (AvgIpc) is 2.85. The second-order valence-electron chi connectivity index (χ2n) is 5.33. The third-order valence-electron chi connectivity index (χ3n) is 3.36. The van der Waals surface area contributed by atoms with Gasteiger partial charge in [0, 0.05) is 4.88 Å². The number of hydrogen-bond donors (Lipinski definition) is 3. The zero-order valence-corrected chi connectivity index (χ0v) is 12.8. The maximum atomic E-state index is 12.0. The zero-order chi connectivity index (χ0) is 16.1. The molecule has 1 amide bonds. The predicted molar refractivity (Wildman–Crippen MR) is 83.4 cm³/mol. The van der Waals surface area contributed by atoms with E-state index in [1.54, 1.807) is 0 Å². The van der Waals surface area contributed by atoms with Crippen LogP contribution in [0.2, 0.25) is 0 Å². The van der Waals surface area contributed by atoms with Gasteiger partial charge in [-0.1, -0.05) is 18.2 Å². The molecule has 0 bridgehead atoms. The molecule has 0 radical (unpaired) electrons. The van der Waals surface area contributed by atoms with Crippen LogP contribution in [0.25, 0.3) is 0 Å². The highest BCUT2D eigenvalue weighted by Crippen LogP contribution is 2.22. The molecule has 0 unspecified atom stereocenters. The van der Waals surface area contributed by atoms with Crippen LogP contribution in [0, 0.1) is 0 Å². The second-order valence-corrected chi connectivity index (χ2v) is 6.37. The van der Waals surface area contributed by atoms with Crippen molar-refractivity contribution in [3.63, 3.8) is 0 Å². The van der Waals surface area contributed by atoms with E-state index in [2.05, 4.69) is 11.9 Å². The van der Waals surface area contributed by atoms with Gasteiger partial charge in [0.25, 0.3) is 0 Å². The minimum absolute atomic E-state index is 0.202. The van der Waals surface area contributed by atoms with Crippen LogP contribution in [0.15, 0.2) is 29.7 Å². The van der Waals surface area contributed by atoms with E-state index >= 15 is 0 Å². The predicted octanol–water partition coefficient (Wildman–Crippen LogP) is 1.01. The lowest BCUT2D eigenvalue weighted by Gasteiger charge is -2.19. The molecule has 118 valence electrons. The number of hydrogen-bond acceptors (Lipinski definition) is 5. The second kappa shape index (κ2) is 7.57. The fraction of sp³-hybridized carbons (Fsp3) is 0.429. The minimum atomic E-state index is -1.24. The lowest BCUT2D eigenvalue weighted by atomic mass is 9.76. The van der Waals surface area contributed by atoms with Crippen LogP contribution in [-0.2, 0) is 20.7 Å². The van der Waals surface area contributed by atoms with E-state index in [4.69, 9.17) is 9.76 Å². The third-order valence-corrected chi connectivity index (χ3v) is 4.24. The number of nitrogens with one attached hydrogen (secondary N) is 1. The maximum absolute atomic E-state index is 12.0. The lowest BCUT2D eigenvalue weighted by Crippen LogP contribution is -2.48. The molecule has 1 aliphatic rings. The van der Waals surface area contributed by atoms with E-state index < -0.39 is 25.1 Å². The Morgan fingerprint density at radius 1 is 1.50 bits per heavy atom. The van der Waals surface area contributed by atoms with Crippen LogP contribution in [0.1, 0.15) is 24.1 Å². The van der Waals surface area contributed by atoms with Crippen LogP contribution in [0.4, 0.5) is 0 Å². The van der Waals surface area contributed by atoms with Gasteiger partial charge in [-0.15, -0.1) is 11.3 Å². The Bertz CT molecular complexity index is 547. The van der Waals surface area contributed by atoms with Crippen molar-refractivity contribution >= 4 is 30.3 Å². The summed E-state index contributed by atoms with van der Waals surface area (Å²) >= 11 is 1.49. The number of carboxylic acid groups (broad SMARTS) is 1. The van der Waals surface area contributed by atoms with Crippen molar-refractivity contribution in [2.45, 2.75) is 37.7 Å². The normalized spacial score (nSPS) is 22.2. The Balaban J connectivity index is 1.93. The molecule has 1 fully saturated rings. The van der Waals surface area contributed by atoms with Gasteiger partial charge < -0.3 is 20.1 Å². The third kappa shape index (κ3) is 4.97. The van der Waals surface area contributed by atoms with Gasteiger partial charge in [0.2, 0.25) is 5.91 Å². The molecule has 1 aromatic heterocycles. The van der Waals surface area contributed by atoms with E-state index in [9.17, 15) is 14.6 Å². The Morgan fingerprint density at radius 3 is 2.91 bits per heavy atom. The standard InChI is InChI=1S/C14H18BNO5S/c1-9-5-10(7-14(18)19)21-15(20)12(6-9)16-13(17)8-11-3-2-4-22-11/h2-4,10,12,20H,1,5-8H2,(H,16,17)(H,18,19)/t10-,12-/m0/s1. The number of amides is 1. The highest BCUT2D eigenvalue weighted by atomic mass is 32.1. The SMILES string of the molecule is C=C1C[C@@H](CC(=O)O)OB(O)[C@@H](NC(=O)Cc2cccs2)C1. The maximum Gasteiger partial charge on any atom is 0.478 e. The summed E-state index contributed by atoms with van der Waals surface area (Å²) in [7, 11) is -1.24. The van der Waals surface area contributed by atoms with Gasteiger partial charge in [0.1, 0.15) is 0 Å². The van der Waals surface area contributed by atoms with Crippen molar-refractivity contribution in [1.29, 1.82) is 0 Å². The molecule has 0 aliphatic carbocycles. The van der Waals surface area contributed by atoms with Crippen molar-refractivity contribution in [3.8, 4) is 0 Å². The fourth-order valence-corrected chi connectivity index (χ4v) is 3.13. The fourth-order valence-electron chi connectivity index (χ4n) is 2.42. The van der Waals surface area contributed by atoms with Crippen molar-refractivity contribution in [2.24, 2.45) is 0 Å². The zero-order valence-electron chi connectivity index (χ0n) is 12.0. The summed E-state index contributed by atoms with van der Waals surface area (Å²) in [6.45, 7) is 3.87. The number of rotatable bonds is 5. The molecule has 6 nitrogen and oxygen atoms in total. The molecule has 1 saturated heterocycles. The first-order valence-electron chi connectivity index (χ1n) is 6.97. The van der Waals surface area contributed by atoms with Crippen molar-refractivity contribution in [1.82, 2.24) is 5.32 Å². The number of carboxylic acids is 1. The van der Waals surface area contributed by atoms with Crippen LogP contribution in [0.5, 0.6) is 0 Å². The van der Waals surface area contributed by atoms with Crippen LogP contribution < -0.4 is 5.32 Å². The summed E-state index contributed by atoms with van der Waals surface area (Å²) in [6, 6.07) is 3.74. The summed E-state index contributed by atoms with van der Waals surface area (Å²) in [6.07, 6.45) is 0.144. The van der Waals surface area contributed by atoms with E-state index in [0.717, 1.165) is 10.5 Å². The first-order valence-corrected chi connectivity index (χ1v) is 7.85. The summed E-state index contributed by atoms with van der Waals surface area (Å²) in [5.74, 6) is -1.82. The Labute approximate surface area is 132 Å². The summed E-state index contributed by atoms with van der Waals surface area (Å²) in [5.41, 5.74) is 0.754. The van der Waals surface area contributed by atoms with Crippen LogP contribution in [0.3, 0.4) is 0 Å². The highest BCUT2D eigenvalue weighted by Gasteiger charge is 2.35. The summed E-state index contributed by atoms with van der Waals surface area (Å²) in [5, 5.41) is 23.5. The molecule has 1 aliphatic heterocycles. The smallest absolute Gasteiger partial charge is 0.478 e. The molecule has 22 heavy (non-hydrogen) atoms. The molecular weight excluding hydrogens is 305 g/mol. The van der Waals surface area contributed by atoms with E-state index in [1.165, 1.54) is 11.3 Å². The lowest BCUT2D eigenvalue weighted by molar-refractivity contribution is -0.139. The van der Waals surface area contributed by atoms with Gasteiger partial charge in [-0.2, -0.15) is 0 Å². The molecule has 2 rings (SSSR count). The molecule has 8 heteroatoms. The van der Waals surface area contributed by atoms with Crippen molar-refractivity contribution < 1.29 is 24.4 Å². The Morgan fingerprint density at radius 2 is 2.27 bits per heavy atom. The average molecular weight is 323 g/mol. The van der Waals surface area contributed by atoms with Gasteiger partial charge in [0.15, 0.2) is 0 Å². The molecule has 2 atom stereocenters. The molecular formula is C14H18BNO5S. The topological polar surface area (TPSA) is 95.9 Å². The van der Waals surface area contributed by atoms with Crippen LogP contribution >= 0.6 is 11.3 Å². The Kier molecular flexibility index (Phi) is 5.76. The van der Waals surface area contributed by atoms with Gasteiger partial charge in [-0.25, -0.2) is 0 Å². The molecule has 1 aromatic rings. The van der Waals surface area contributed by atoms with E-state index in [-0.39, 0.29) is 18.7 Å². The van der Waals surface area contributed by atoms with E-state index in [1.807, 2.05) is 17.5 Å². The van der Waals surface area contributed by atoms with Gasteiger partial charge in [-0.05, 0) is 24.3 Å². The van der Waals surface area contributed by atoms with Gasteiger partial charge >= 0.3 is 13.1 Å². The first kappa shape index (κ1) is 16.7. The quantitative estimate of drug-likeness (QED) is 0.555. The molecule has 2 heterocycles. The van der Waals surface area contributed by atoms with Crippen molar-refractivity contribution in [2.75, 3.05) is 0 Å². The largest absolute Gasteiger partial charge is 0.481 e. The van der Waals surface area contributed by atoms with Gasteiger partial charge in [0.05, 0.1) is 24.9 Å². The molecule has 0 spiro atoms. The summed E-state index contributed by atoms with van der Waals surface area (Å²) in [4.78, 5) is 23.7. The minimum Gasteiger partial charge on any atom is -0.481 e. The molecule has 0 aromatic carbocycles. The first-order chi connectivity index (χ1) is 10.4. The van der Waals surface area contributed by atoms with Crippen molar-refractivity contribution in [3.05, 3.63) is 34.5 Å². The summed E-state index contributed by atoms with van der Waals surface area (Å²) < 4.78 is 5.34. The Hall–Kier alpha value is -1.64. The highest BCUT2D eigenvalue weighted by molar-refractivity contribution is 7.10. The van der Waals surface area contributed by atoms with Crippen LogP contribution in [-0.4, -0.2) is 41.2 Å². The van der Waals surface area contributed by atoms with Gasteiger partial charge in [-0.3, -0.25) is 9.59 Å². The number of thiophene rings is 1. The molecule has 0 saturated carbocycles. The monoisotopic (exact) mass is 323 g/mol.